The Hall–Kier alpha value is -1.35. The topological polar surface area (TPSA) is 78.8 Å². The molecule has 15 heavy (non-hydrogen) atoms. The van der Waals surface area contributed by atoms with Crippen molar-refractivity contribution in [3.8, 4) is 6.07 Å². The third kappa shape index (κ3) is 3.06. The van der Waals surface area contributed by atoms with Crippen LogP contribution in [0, 0.1) is 11.3 Å². The minimum absolute atomic E-state index is 0.0590. The van der Waals surface area contributed by atoms with E-state index in [-0.39, 0.29) is 6.04 Å². The van der Waals surface area contributed by atoms with E-state index >= 15 is 0 Å². The summed E-state index contributed by atoms with van der Waals surface area (Å²) in [5.74, 6) is 0.924. The molecule has 5 nitrogen and oxygen atoms in total. The number of nitrogen functional groups attached to an aromatic ring is 1. The Kier molecular flexibility index (Phi) is 3.86. The zero-order valence-electron chi connectivity index (χ0n) is 8.61. The van der Waals surface area contributed by atoms with Crippen molar-refractivity contribution < 1.29 is 0 Å². The fraction of sp³-hybridized carbons (Fsp3) is 0.444. The van der Waals surface area contributed by atoms with Crippen molar-refractivity contribution in [3.63, 3.8) is 0 Å². The molecular formula is C9H12BrN5. The molecule has 2 N–H and O–H groups in total. The first-order valence-corrected chi connectivity index (χ1v) is 5.23. The van der Waals surface area contributed by atoms with Crippen molar-refractivity contribution in [3.05, 3.63) is 10.7 Å². The van der Waals surface area contributed by atoms with Gasteiger partial charge in [0.1, 0.15) is 10.4 Å². The number of aromatic nitrogens is 2. The van der Waals surface area contributed by atoms with Crippen molar-refractivity contribution >= 4 is 27.7 Å². The smallest absolute Gasteiger partial charge is 0.228 e. The van der Waals surface area contributed by atoms with Gasteiger partial charge in [0.2, 0.25) is 5.95 Å². The van der Waals surface area contributed by atoms with E-state index in [0.717, 1.165) is 0 Å². The Bertz CT molecular complexity index is 366. The van der Waals surface area contributed by atoms with E-state index in [4.69, 9.17) is 11.0 Å². The highest BCUT2D eigenvalue weighted by Gasteiger charge is 2.13. The van der Waals surface area contributed by atoms with Gasteiger partial charge in [-0.1, -0.05) is 0 Å². The summed E-state index contributed by atoms with van der Waals surface area (Å²) < 4.78 is 0.640. The number of nitrogens with two attached hydrogens (primary N) is 1. The van der Waals surface area contributed by atoms with Crippen LogP contribution in [0.5, 0.6) is 0 Å². The van der Waals surface area contributed by atoms with Crippen LogP contribution in [0.4, 0.5) is 11.8 Å². The average Bonchev–Trinajstić information content (AvgIpc) is 2.15. The summed E-state index contributed by atoms with van der Waals surface area (Å²) >= 11 is 3.25. The standard InChI is InChI=1S/C9H12BrN5/c1-6(3-4-11)15(2)9-13-7(10)5-8(12)14-9/h5-6H,3H2,1-2H3,(H2,12,13,14). The number of nitriles is 1. The number of nitrogens with zero attached hydrogens (tertiary/aromatic N) is 4. The third-order valence-corrected chi connectivity index (χ3v) is 2.47. The van der Waals surface area contributed by atoms with Gasteiger partial charge in [0.25, 0.3) is 0 Å². The van der Waals surface area contributed by atoms with Crippen LogP contribution >= 0.6 is 15.9 Å². The third-order valence-electron chi connectivity index (χ3n) is 2.07. The van der Waals surface area contributed by atoms with Gasteiger partial charge in [-0.2, -0.15) is 10.2 Å². The van der Waals surface area contributed by atoms with Crippen molar-refractivity contribution in [1.29, 1.82) is 5.26 Å². The molecule has 1 aromatic rings. The molecule has 1 atom stereocenters. The lowest BCUT2D eigenvalue weighted by Crippen LogP contribution is -2.30. The van der Waals surface area contributed by atoms with Gasteiger partial charge in [-0.3, -0.25) is 0 Å². The van der Waals surface area contributed by atoms with Gasteiger partial charge in [-0.25, -0.2) is 4.98 Å². The minimum Gasteiger partial charge on any atom is -0.383 e. The molecule has 0 saturated heterocycles. The van der Waals surface area contributed by atoms with Crippen molar-refractivity contribution in [1.82, 2.24) is 9.97 Å². The lowest BCUT2D eigenvalue weighted by molar-refractivity contribution is 0.683. The maximum atomic E-state index is 8.59. The summed E-state index contributed by atoms with van der Waals surface area (Å²) in [6.45, 7) is 1.93. The van der Waals surface area contributed by atoms with Crippen LogP contribution in [-0.4, -0.2) is 23.1 Å². The normalized spacial score (nSPS) is 11.9. The Balaban J connectivity index is 2.91. The summed E-state index contributed by atoms with van der Waals surface area (Å²) in [5.41, 5.74) is 5.60. The quantitative estimate of drug-likeness (QED) is 0.843. The molecule has 0 fully saturated rings. The molecule has 1 heterocycles. The monoisotopic (exact) mass is 269 g/mol. The first-order valence-electron chi connectivity index (χ1n) is 4.44. The molecule has 0 aliphatic carbocycles. The van der Waals surface area contributed by atoms with Crippen LogP contribution < -0.4 is 10.6 Å². The van der Waals surface area contributed by atoms with Gasteiger partial charge < -0.3 is 10.6 Å². The first-order chi connectivity index (χ1) is 7.04. The Labute approximate surface area is 97.1 Å². The lowest BCUT2D eigenvalue weighted by Gasteiger charge is -2.22. The predicted molar refractivity (Wildman–Crippen MR) is 62.2 cm³/mol. The van der Waals surface area contributed by atoms with E-state index < -0.39 is 0 Å². The molecule has 0 amide bonds. The number of halogens is 1. The molecule has 0 aliphatic heterocycles. The van der Waals surface area contributed by atoms with Gasteiger partial charge in [-0.15, -0.1) is 0 Å². The summed E-state index contributed by atoms with van der Waals surface area (Å²) in [6, 6.07) is 3.80. The molecule has 0 saturated carbocycles. The van der Waals surface area contributed by atoms with Crippen LogP contribution in [-0.2, 0) is 0 Å². The molecule has 1 aromatic heterocycles. The van der Waals surface area contributed by atoms with Gasteiger partial charge in [0.15, 0.2) is 0 Å². The minimum atomic E-state index is 0.0590. The molecule has 0 bridgehead atoms. The lowest BCUT2D eigenvalue weighted by atomic mass is 10.2. The summed E-state index contributed by atoms with van der Waals surface area (Å²) in [5, 5.41) is 8.59. The highest BCUT2D eigenvalue weighted by Crippen LogP contribution is 2.17. The fourth-order valence-electron chi connectivity index (χ4n) is 1.05. The van der Waals surface area contributed by atoms with Crippen molar-refractivity contribution in [2.75, 3.05) is 17.7 Å². The fourth-order valence-corrected chi connectivity index (χ4v) is 1.44. The molecule has 0 spiro atoms. The van der Waals surface area contributed by atoms with Crippen molar-refractivity contribution in [2.45, 2.75) is 19.4 Å². The van der Waals surface area contributed by atoms with E-state index in [1.165, 1.54) is 0 Å². The van der Waals surface area contributed by atoms with Crippen LogP contribution in [0.1, 0.15) is 13.3 Å². The number of hydrogen-bond acceptors (Lipinski definition) is 5. The maximum absolute atomic E-state index is 8.59. The first kappa shape index (κ1) is 11.7. The van der Waals surface area contributed by atoms with Crippen LogP contribution in [0.15, 0.2) is 10.7 Å². The number of anilines is 2. The molecule has 0 aliphatic rings. The van der Waals surface area contributed by atoms with E-state index in [1.807, 2.05) is 18.9 Å². The average molecular weight is 270 g/mol. The van der Waals surface area contributed by atoms with Gasteiger partial charge in [0.05, 0.1) is 12.5 Å². The zero-order chi connectivity index (χ0) is 11.4. The van der Waals surface area contributed by atoms with Crippen LogP contribution in [0.2, 0.25) is 0 Å². The summed E-state index contributed by atoms with van der Waals surface area (Å²) in [7, 11) is 1.84. The van der Waals surface area contributed by atoms with Gasteiger partial charge >= 0.3 is 0 Å². The molecule has 0 aromatic carbocycles. The molecule has 80 valence electrons. The number of hydrogen-bond donors (Lipinski definition) is 1. The van der Waals surface area contributed by atoms with Gasteiger partial charge in [0, 0.05) is 19.2 Å². The predicted octanol–water partition coefficient (Wildman–Crippen LogP) is 1.56. The summed E-state index contributed by atoms with van der Waals surface area (Å²) in [4.78, 5) is 10.1. The Morgan fingerprint density at radius 1 is 1.67 bits per heavy atom. The molecule has 1 unspecified atom stereocenters. The van der Waals surface area contributed by atoms with E-state index in [9.17, 15) is 0 Å². The highest BCUT2D eigenvalue weighted by molar-refractivity contribution is 9.10. The zero-order valence-corrected chi connectivity index (χ0v) is 10.2. The maximum Gasteiger partial charge on any atom is 0.228 e. The summed E-state index contributed by atoms with van der Waals surface area (Å²) in [6.07, 6.45) is 0.423. The molecular weight excluding hydrogens is 258 g/mol. The highest BCUT2D eigenvalue weighted by atomic mass is 79.9. The largest absolute Gasteiger partial charge is 0.383 e. The SMILES string of the molecule is CC(CC#N)N(C)c1nc(N)cc(Br)n1. The molecule has 0 radical (unpaired) electrons. The second-order valence-corrected chi connectivity index (χ2v) is 4.05. The van der Waals surface area contributed by atoms with Crippen molar-refractivity contribution in [2.24, 2.45) is 0 Å². The van der Waals surface area contributed by atoms with Gasteiger partial charge in [-0.05, 0) is 22.9 Å². The molecule has 1 rings (SSSR count). The second-order valence-electron chi connectivity index (χ2n) is 3.24. The Morgan fingerprint density at radius 2 is 2.33 bits per heavy atom. The molecule has 6 heteroatoms. The second kappa shape index (κ2) is 4.94. The van der Waals surface area contributed by atoms with E-state index in [0.29, 0.717) is 22.8 Å². The van der Waals surface area contributed by atoms with Crippen LogP contribution in [0.3, 0.4) is 0 Å². The van der Waals surface area contributed by atoms with E-state index in [2.05, 4.69) is 32.0 Å². The number of rotatable bonds is 3. The Morgan fingerprint density at radius 3 is 2.87 bits per heavy atom. The van der Waals surface area contributed by atoms with E-state index in [1.54, 1.807) is 6.07 Å². The van der Waals surface area contributed by atoms with Crippen LogP contribution in [0.25, 0.3) is 0 Å².